The first kappa shape index (κ1) is 19.6. The summed E-state index contributed by atoms with van der Waals surface area (Å²) in [4.78, 5) is 30.0. The first-order chi connectivity index (χ1) is 14.1. The highest BCUT2D eigenvalue weighted by atomic mass is 35.5. The minimum absolute atomic E-state index is 0.100. The molecule has 8 nitrogen and oxygen atoms in total. The normalized spacial score (nSPS) is 19.8. The number of anilines is 3. The van der Waals surface area contributed by atoms with Crippen LogP contribution >= 0.6 is 11.6 Å². The Balaban J connectivity index is 1.61. The molecule has 0 bridgehead atoms. The molecule has 9 heteroatoms. The number of hydrogen-bond donors (Lipinski definition) is 1. The van der Waals surface area contributed by atoms with Crippen LogP contribution in [0.2, 0.25) is 5.02 Å². The molecule has 1 fully saturated rings. The smallest absolute Gasteiger partial charge is 0.249 e. The van der Waals surface area contributed by atoms with Crippen molar-refractivity contribution >= 4 is 41.2 Å². The van der Waals surface area contributed by atoms with Gasteiger partial charge < -0.3 is 9.80 Å². The number of halogens is 1. The number of amides is 1. The summed E-state index contributed by atoms with van der Waals surface area (Å²) in [6.45, 7) is 2.05. The first-order valence-corrected chi connectivity index (χ1v) is 10.3. The van der Waals surface area contributed by atoms with Crippen LogP contribution < -0.4 is 15.2 Å². The van der Waals surface area contributed by atoms with Gasteiger partial charge in [0.1, 0.15) is 11.7 Å². The van der Waals surface area contributed by atoms with Gasteiger partial charge in [-0.3, -0.25) is 9.78 Å². The average molecular weight is 414 g/mol. The fraction of sp³-hybridized carbons (Fsp3) is 0.450. The number of hydrogen-bond acceptors (Lipinski definition) is 7. The third-order valence-electron chi connectivity index (χ3n) is 5.52. The SMILES string of the molecule is CCC1C(=O)N(C)c2cnc(NN=Cc3ccc(Cl)cn3)nc2N1C1CCCC1. The Bertz CT molecular complexity index is 912. The molecule has 2 aromatic heterocycles. The second kappa shape index (κ2) is 8.32. The van der Waals surface area contributed by atoms with Crippen LogP contribution in [0.5, 0.6) is 0 Å². The van der Waals surface area contributed by atoms with Crippen LogP contribution in [0.1, 0.15) is 44.7 Å². The van der Waals surface area contributed by atoms with Gasteiger partial charge in [-0.05, 0) is 31.4 Å². The van der Waals surface area contributed by atoms with Gasteiger partial charge in [-0.1, -0.05) is 31.4 Å². The standard InChI is InChI=1S/C20H24ClN7O/c1-3-16-19(29)27(2)17-12-23-20(25-18(17)28(16)15-6-4-5-7-15)26-24-11-14-9-8-13(21)10-22-14/h8-12,15-16H,3-7H2,1-2H3,(H,23,25,26). The zero-order chi connectivity index (χ0) is 20.4. The zero-order valence-electron chi connectivity index (χ0n) is 16.5. The van der Waals surface area contributed by atoms with Gasteiger partial charge in [-0.15, -0.1) is 0 Å². The molecule has 1 amide bonds. The first-order valence-electron chi connectivity index (χ1n) is 9.92. The Labute approximate surface area is 175 Å². The number of likely N-dealkylation sites (N-methyl/N-ethyl adjacent to an activating group) is 1. The number of nitrogens with one attached hydrogen (secondary N) is 1. The van der Waals surface area contributed by atoms with E-state index in [2.05, 4.69) is 25.4 Å². The highest BCUT2D eigenvalue weighted by molar-refractivity contribution is 6.30. The number of nitrogens with zero attached hydrogens (tertiary/aromatic N) is 6. The lowest BCUT2D eigenvalue weighted by Gasteiger charge is -2.43. The molecule has 1 aliphatic carbocycles. The van der Waals surface area contributed by atoms with Crippen molar-refractivity contribution in [3.63, 3.8) is 0 Å². The van der Waals surface area contributed by atoms with Crippen LogP contribution in [0.15, 0.2) is 29.6 Å². The summed E-state index contributed by atoms with van der Waals surface area (Å²) in [6, 6.07) is 3.67. The molecule has 2 aromatic rings. The molecule has 0 spiro atoms. The molecule has 0 saturated heterocycles. The van der Waals surface area contributed by atoms with Crippen LogP contribution in [0, 0.1) is 0 Å². The van der Waals surface area contributed by atoms with Crippen LogP contribution in [-0.4, -0.2) is 46.2 Å². The number of aromatic nitrogens is 3. The molecule has 1 unspecified atom stereocenters. The number of hydrazone groups is 1. The molecular formula is C20H24ClN7O. The van der Waals surface area contributed by atoms with Gasteiger partial charge in [-0.2, -0.15) is 10.1 Å². The maximum atomic E-state index is 12.9. The van der Waals surface area contributed by atoms with Gasteiger partial charge in [0.05, 0.1) is 23.1 Å². The van der Waals surface area contributed by atoms with Crippen LogP contribution in [0.3, 0.4) is 0 Å². The number of carbonyl (C=O) groups is 1. The van der Waals surface area contributed by atoms with Crippen molar-refractivity contribution in [1.82, 2.24) is 15.0 Å². The van der Waals surface area contributed by atoms with Crippen molar-refractivity contribution in [3.8, 4) is 0 Å². The second-order valence-corrected chi connectivity index (χ2v) is 7.78. The fourth-order valence-corrected chi connectivity index (χ4v) is 4.17. The summed E-state index contributed by atoms with van der Waals surface area (Å²) in [6.07, 6.45) is 10.1. The van der Waals surface area contributed by atoms with E-state index in [-0.39, 0.29) is 11.9 Å². The Morgan fingerprint density at radius 2 is 2.07 bits per heavy atom. The lowest BCUT2D eigenvalue weighted by atomic mass is 10.0. The van der Waals surface area contributed by atoms with Gasteiger partial charge in [0.15, 0.2) is 5.82 Å². The monoisotopic (exact) mass is 413 g/mol. The third kappa shape index (κ3) is 3.89. The molecule has 3 heterocycles. The predicted octanol–water partition coefficient (Wildman–Crippen LogP) is 3.48. The van der Waals surface area contributed by atoms with E-state index in [1.807, 2.05) is 6.92 Å². The molecule has 152 valence electrons. The second-order valence-electron chi connectivity index (χ2n) is 7.34. The van der Waals surface area contributed by atoms with E-state index in [0.29, 0.717) is 22.7 Å². The molecule has 29 heavy (non-hydrogen) atoms. The summed E-state index contributed by atoms with van der Waals surface area (Å²) >= 11 is 5.85. The maximum absolute atomic E-state index is 12.9. The molecule has 1 atom stereocenters. The number of fused-ring (bicyclic) bond motifs is 1. The van der Waals surface area contributed by atoms with E-state index < -0.39 is 0 Å². The Hall–Kier alpha value is -2.74. The largest absolute Gasteiger partial charge is 0.340 e. The molecule has 0 radical (unpaired) electrons. The molecule has 4 rings (SSSR count). The maximum Gasteiger partial charge on any atom is 0.249 e. The van der Waals surface area contributed by atoms with Crippen molar-refractivity contribution < 1.29 is 4.79 Å². The molecular weight excluding hydrogens is 390 g/mol. The quantitative estimate of drug-likeness (QED) is 0.596. The fourth-order valence-electron chi connectivity index (χ4n) is 4.06. The zero-order valence-corrected chi connectivity index (χ0v) is 17.3. The summed E-state index contributed by atoms with van der Waals surface area (Å²) < 4.78 is 0. The van der Waals surface area contributed by atoms with E-state index in [1.54, 1.807) is 42.7 Å². The summed E-state index contributed by atoms with van der Waals surface area (Å²) in [5, 5.41) is 4.75. The lowest BCUT2D eigenvalue weighted by molar-refractivity contribution is -0.120. The van der Waals surface area contributed by atoms with Crippen molar-refractivity contribution in [2.24, 2.45) is 5.10 Å². The van der Waals surface area contributed by atoms with E-state index >= 15 is 0 Å². The van der Waals surface area contributed by atoms with Gasteiger partial charge in [0, 0.05) is 19.3 Å². The minimum atomic E-state index is -0.194. The number of carbonyl (C=O) groups excluding carboxylic acids is 1. The van der Waals surface area contributed by atoms with Crippen molar-refractivity contribution in [2.45, 2.75) is 51.1 Å². The summed E-state index contributed by atoms with van der Waals surface area (Å²) in [5.74, 6) is 1.28. The Kier molecular flexibility index (Phi) is 5.62. The van der Waals surface area contributed by atoms with Gasteiger partial charge in [-0.25, -0.2) is 10.4 Å². The van der Waals surface area contributed by atoms with E-state index in [9.17, 15) is 4.79 Å². The average Bonchev–Trinajstić information content (AvgIpc) is 3.26. The minimum Gasteiger partial charge on any atom is -0.340 e. The summed E-state index contributed by atoms with van der Waals surface area (Å²) in [7, 11) is 1.79. The van der Waals surface area contributed by atoms with E-state index in [4.69, 9.17) is 16.6 Å². The Morgan fingerprint density at radius 3 is 2.76 bits per heavy atom. The highest BCUT2D eigenvalue weighted by Crippen LogP contribution is 2.39. The van der Waals surface area contributed by atoms with Crippen molar-refractivity contribution in [3.05, 3.63) is 35.2 Å². The summed E-state index contributed by atoms with van der Waals surface area (Å²) in [5.41, 5.74) is 4.28. The van der Waals surface area contributed by atoms with Crippen LogP contribution in [0.4, 0.5) is 17.5 Å². The topological polar surface area (TPSA) is 86.6 Å². The molecule has 1 saturated carbocycles. The van der Waals surface area contributed by atoms with Crippen molar-refractivity contribution in [1.29, 1.82) is 0 Å². The van der Waals surface area contributed by atoms with Gasteiger partial charge in [0.25, 0.3) is 0 Å². The number of rotatable bonds is 5. The molecule has 2 aliphatic rings. The van der Waals surface area contributed by atoms with Crippen LogP contribution in [0.25, 0.3) is 0 Å². The third-order valence-corrected chi connectivity index (χ3v) is 5.75. The molecule has 1 aliphatic heterocycles. The Morgan fingerprint density at radius 1 is 1.28 bits per heavy atom. The highest BCUT2D eigenvalue weighted by Gasteiger charge is 2.41. The van der Waals surface area contributed by atoms with Crippen molar-refractivity contribution in [2.75, 3.05) is 22.3 Å². The lowest BCUT2D eigenvalue weighted by Crippen LogP contribution is -2.55. The number of pyridine rings is 1. The predicted molar refractivity (Wildman–Crippen MR) is 115 cm³/mol. The van der Waals surface area contributed by atoms with Gasteiger partial charge in [0.2, 0.25) is 11.9 Å². The van der Waals surface area contributed by atoms with Gasteiger partial charge >= 0.3 is 0 Å². The van der Waals surface area contributed by atoms with E-state index in [1.165, 1.54) is 12.8 Å². The van der Waals surface area contributed by atoms with Crippen LogP contribution in [-0.2, 0) is 4.79 Å². The molecule has 0 aromatic carbocycles. The molecule has 1 N–H and O–H groups in total. The van der Waals surface area contributed by atoms with E-state index in [0.717, 1.165) is 30.8 Å².